The first-order valence-corrected chi connectivity index (χ1v) is 1.96. The van der Waals surface area contributed by atoms with Crippen molar-refractivity contribution >= 4 is 6.29 Å². The normalized spacial score (nSPS) is 9.62. The molecule has 2 heteroatoms. The van der Waals surface area contributed by atoms with Gasteiger partial charge in [-0.2, -0.15) is 5.26 Å². The predicted molar refractivity (Wildman–Crippen MR) is 29.6 cm³/mol. The van der Waals surface area contributed by atoms with Gasteiger partial charge in [0.15, 0.2) is 0 Å². The molecule has 0 fully saturated rings. The quantitative estimate of drug-likeness (QED) is 0.296. The first-order valence-electron chi connectivity index (χ1n) is 1.96. The largest absolute Gasteiger partial charge is 0.284 e. The molecule has 0 amide bonds. The third kappa shape index (κ3) is 1.93. The van der Waals surface area contributed by atoms with Crippen molar-refractivity contribution in [3.05, 3.63) is 24.3 Å². The third-order valence-corrected chi connectivity index (χ3v) is 0.515. The third-order valence-electron chi connectivity index (χ3n) is 0.515. The molecule has 0 rings (SSSR count). The Morgan fingerprint density at radius 3 is 2.50 bits per heavy atom. The monoisotopic (exact) mass is 106 g/mol. The molecule has 0 aliphatic rings. The van der Waals surface area contributed by atoms with Crippen LogP contribution in [0.3, 0.4) is 0 Å². The van der Waals surface area contributed by atoms with Gasteiger partial charge in [0.05, 0.1) is 0 Å². The van der Waals surface area contributed by atoms with Crippen molar-refractivity contribution in [2.45, 2.75) is 0 Å². The number of allylic oxidation sites excluding steroid dienone is 3. The van der Waals surface area contributed by atoms with Crippen LogP contribution in [0.2, 0.25) is 0 Å². The average Bonchev–Trinajstić information content (AvgIpc) is 1.83. The Bertz CT molecular complexity index is 162. The molecular weight excluding hydrogens is 102 g/mol. The van der Waals surface area contributed by atoms with Crippen LogP contribution in [0.25, 0.3) is 0 Å². The van der Waals surface area contributed by atoms with Crippen LogP contribution in [0, 0.1) is 11.3 Å². The van der Waals surface area contributed by atoms with Gasteiger partial charge in [0.25, 0.3) is 0 Å². The zero-order valence-corrected chi connectivity index (χ0v) is 4.22. The molecule has 0 aliphatic heterocycles. The van der Waals surface area contributed by atoms with E-state index in [-0.39, 0.29) is 5.57 Å². The summed E-state index contributed by atoms with van der Waals surface area (Å²) in [4.78, 5) is 9.66. The van der Waals surface area contributed by atoms with E-state index >= 15 is 0 Å². The Labute approximate surface area is 47.7 Å². The van der Waals surface area contributed by atoms with Gasteiger partial charge in [-0.25, -0.2) is 0 Å². The zero-order chi connectivity index (χ0) is 6.41. The Balaban J connectivity index is 4.12. The SMILES string of the molecule is C=C/C=C(\[C]=O)C#N. The van der Waals surface area contributed by atoms with E-state index in [4.69, 9.17) is 5.26 Å². The fourth-order valence-corrected chi connectivity index (χ4v) is 0.212. The molecule has 0 atom stereocenters. The minimum atomic E-state index is -0.0278. The van der Waals surface area contributed by atoms with Crippen molar-refractivity contribution < 1.29 is 4.79 Å². The predicted octanol–water partition coefficient (Wildman–Crippen LogP) is 0.732. The van der Waals surface area contributed by atoms with Gasteiger partial charge in [-0.15, -0.1) is 0 Å². The summed E-state index contributed by atoms with van der Waals surface area (Å²) in [5.74, 6) is 0. The molecule has 39 valence electrons. The summed E-state index contributed by atoms with van der Waals surface area (Å²) in [5, 5.41) is 8.03. The molecule has 8 heavy (non-hydrogen) atoms. The summed E-state index contributed by atoms with van der Waals surface area (Å²) in [6, 6.07) is 1.62. The lowest BCUT2D eigenvalue weighted by molar-refractivity contribution is 0.563. The van der Waals surface area contributed by atoms with E-state index in [1.54, 1.807) is 6.07 Å². The standard InChI is InChI=1S/C6H4NO/c1-2-3-6(4-7)5-8/h2-3H,1H2/b6-3-. The van der Waals surface area contributed by atoms with Gasteiger partial charge in [-0.05, 0) is 6.08 Å². The molecule has 0 N–H and O–H groups in total. The minimum absolute atomic E-state index is 0.0278. The summed E-state index contributed by atoms with van der Waals surface area (Å²) >= 11 is 0. The minimum Gasteiger partial charge on any atom is -0.284 e. The number of hydrogen-bond acceptors (Lipinski definition) is 2. The van der Waals surface area contributed by atoms with Gasteiger partial charge in [-0.1, -0.05) is 12.7 Å². The van der Waals surface area contributed by atoms with E-state index in [9.17, 15) is 4.79 Å². The maximum Gasteiger partial charge on any atom is 0.244 e. The van der Waals surface area contributed by atoms with E-state index in [2.05, 4.69) is 6.58 Å². The van der Waals surface area contributed by atoms with Gasteiger partial charge in [0.2, 0.25) is 6.29 Å². The summed E-state index contributed by atoms with van der Waals surface area (Å²) in [6.07, 6.45) is 4.09. The first-order chi connectivity index (χ1) is 3.85. The van der Waals surface area contributed by atoms with Gasteiger partial charge in [0, 0.05) is 0 Å². The van der Waals surface area contributed by atoms with Crippen LogP contribution in [0.5, 0.6) is 0 Å². The topological polar surface area (TPSA) is 40.9 Å². The Kier molecular flexibility index (Phi) is 3.17. The fraction of sp³-hybridized carbons (Fsp3) is 0. The molecule has 0 aromatic heterocycles. The second-order valence-electron chi connectivity index (χ2n) is 1.03. The maximum absolute atomic E-state index is 9.66. The average molecular weight is 106 g/mol. The maximum atomic E-state index is 9.66. The number of nitriles is 1. The van der Waals surface area contributed by atoms with Gasteiger partial charge >= 0.3 is 0 Å². The van der Waals surface area contributed by atoms with E-state index in [0.29, 0.717) is 0 Å². The molecule has 0 aromatic carbocycles. The summed E-state index contributed by atoms with van der Waals surface area (Å²) < 4.78 is 0. The van der Waals surface area contributed by atoms with E-state index in [0.717, 1.165) is 0 Å². The van der Waals surface area contributed by atoms with Crippen molar-refractivity contribution in [1.29, 1.82) is 5.26 Å². The fourth-order valence-electron chi connectivity index (χ4n) is 0.212. The summed E-state index contributed by atoms with van der Waals surface area (Å²) in [5.41, 5.74) is -0.0278. The number of rotatable bonds is 2. The van der Waals surface area contributed by atoms with Crippen LogP contribution in [-0.4, -0.2) is 6.29 Å². The second kappa shape index (κ2) is 3.82. The van der Waals surface area contributed by atoms with E-state index in [1.807, 2.05) is 0 Å². The number of nitrogens with zero attached hydrogens (tertiary/aromatic N) is 1. The van der Waals surface area contributed by atoms with Crippen molar-refractivity contribution in [2.75, 3.05) is 0 Å². The van der Waals surface area contributed by atoms with Crippen molar-refractivity contribution in [3.8, 4) is 6.07 Å². The Morgan fingerprint density at radius 1 is 1.75 bits per heavy atom. The Morgan fingerprint density at radius 2 is 2.38 bits per heavy atom. The summed E-state index contributed by atoms with van der Waals surface area (Å²) in [6.45, 7) is 3.29. The van der Waals surface area contributed by atoms with Crippen LogP contribution >= 0.6 is 0 Å². The van der Waals surface area contributed by atoms with Crippen LogP contribution in [0.15, 0.2) is 24.3 Å². The van der Waals surface area contributed by atoms with Crippen molar-refractivity contribution in [3.63, 3.8) is 0 Å². The highest BCUT2D eigenvalue weighted by atomic mass is 16.1. The summed E-state index contributed by atoms with van der Waals surface area (Å²) in [7, 11) is 0. The van der Waals surface area contributed by atoms with Gasteiger partial charge in [0.1, 0.15) is 11.6 Å². The molecule has 0 bridgehead atoms. The lowest BCUT2D eigenvalue weighted by atomic mass is 10.3. The molecule has 0 unspecified atom stereocenters. The lowest BCUT2D eigenvalue weighted by Gasteiger charge is -1.70. The number of hydrogen-bond donors (Lipinski definition) is 0. The van der Waals surface area contributed by atoms with Gasteiger partial charge < -0.3 is 0 Å². The smallest absolute Gasteiger partial charge is 0.244 e. The lowest BCUT2D eigenvalue weighted by Crippen LogP contribution is -1.74. The Hall–Kier alpha value is -1.36. The first kappa shape index (κ1) is 6.64. The van der Waals surface area contributed by atoms with Crippen molar-refractivity contribution in [2.24, 2.45) is 0 Å². The molecule has 0 aliphatic carbocycles. The molecule has 0 aromatic rings. The highest BCUT2D eigenvalue weighted by Gasteiger charge is 1.85. The van der Waals surface area contributed by atoms with Crippen LogP contribution in [-0.2, 0) is 4.79 Å². The zero-order valence-electron chi connectivity index (χ0n) is 4.22. The molecule has 0 saturated heterocycles. The van der Waals surface area contributed by atoms with Crippen LogP contribution < -0.4 is 0 Å². The second-order valence-corrected chi connectivity index (χ2v) is 1.03. The molecule has 2 nitrogen and oxygen atoms in total. The number of carbonyl (C=O) groups excluding carboxylic acids is 1. The molecule has 1 radical (unpaired) electrons. The molecule has 0 heterocycles. The highest BCUT2D eigenvalue weighted by Crippen LogP contribution is 1.83. The van der Waals surface area contributed by atoms with Gasteiger partial charge in [-0.3, -0.25) is 4.79 Å². The molecule has 0 saturated carbocycles. The molecule has 0 spiro atoms. The highest BCUT2D eigenvalue weighted by molar-refractivity contribution is 5.79. The van der Waals surface area contributed by atoms with E-state index in [1.165, 1.54) is 18.4 Å². The van der Waals surface area contributed by atoms with Crippen molar-refractivity contribution in [1.82, 2.24) is 0 Å². The van der Waals surface area contributed by atoms with Crippen LogP contribution in [0.4, 0.5) is 0 Å². The molecular formula is C6H4NO. The van der Waals surface area contributed by atoms with E-state index < -0.39 is 0 Å². The van der Waals surface area contributed by atoms with Crippen LogP contribution in [0.1, 0.15) is 0 Å².